The smallest absolute Gasteiger partial charge is 0.147 e. The van der Waals surface area contributed by atoms with Gasteiger partial charge in [0.05, 0.1) is 33.0 Å². The van der Waals surface area contributed by atoms with E-state index in [1.54, 1.807) is 11.8 Å². The molecule has 0 aromatic heterocycles. The molecule has 7 rings (SSSR count). The molecule has 0 saturated carbocycles. The molecule has 0 radical (unpaired) electrons. The van der Waals surface area contributed by atoms with Crippen molar-refractivity contribution in [2.24, 2.45) is 0 Å². The number of fused-ring (bicyclic) bond motifs is 1. The summed E-state index contributed by atoms with van der Waals surface area (Å²) < 4.78 is 34.6. The first-order valence-corrected chi connectivity index (χ1v) is 18.0. The van der Waals surface area contributed by atoms with E-state index >= 15 is 0 Å². The number of ether oxygens (including phenoxy) is 5. The van der Waals surface area contributed by atoms with E-state index in [1.165, 1.54) is 16.0 Å². The fraction of sp³-hybridized carbons (Fsp3) is 0.302. The van der Waals surface area contributed by atoms with Gasteiger partial charge >= 0.3 is 0 Å². The summed E-state index contributed by atoms with van der Waals surface area (Å²) in [7, 11) is 0. The molecule has 0 amide bonds. The lowest BCUT2D eigenvalue weighted by Gasteiger charge is -2.53. The van der Waals surface area contributed by atoms with Gasteiger partial charge in [0.1, 0.15) is 29.3 Å². The van der Waals surface area contributed by atoms with Gasteiger partial charge in [0.2, 0.25) is 0 Å². The molecule has 6 heteroatoms. The van der Waals surface area contributed by atoms with Crippen molar-refractivity contribution in [3.8, 4) is 0 Å². The maximum atomic E-state index is 7.33. The van der Waals surface area contributed by atoms with Crippen molar-refractivity contribution in [3.05, 3.63) is 173 Å². The van der Waals surface area contributed by atoms with Gasteiger partial charge in [-0.15, -0.1) is 0 Å². The third-order valence-corrected chi connectivity index (χ3v) is 10.7. The molecular formula is C43H44O5S. The van der Waals surface area contributed by atoms with Gasteiger partial charge in [-0.05, 0) is 53.6 Å². The minimum Gasteiger partial charge on any atom is -0.374 e. The van der Waals surface area contributed by atoms with E-state index in [-0.39, 0.29) is 0 Å². The third kappa shape index (κ3) is 8.53. The van der Waals surface area contributed by atoms with Gasteiger partial charge in [-0.1, -0.05) is 151 Å². The molecule has 5 aromatic rings. The van der Waals surface area contributed by atoms with Crippen LogP contribution >= 0.6 is 11.8 Å². The summed E-state index contributed by atoms with van der Waals surface area (Å²) in [5, 5.41) is 0. The molecule has 1 fully saturated rings. The number of rotatable bonds is 13. The highest BCUT2D eigenvalue weighted by molar-refractivity contribution is 8.00. The third-order valence-electron chi connectivity index (χ3n) is 9.25. The molecule has 0 aliphatic carbocycles. The molecule has 0 unspecified atom stereocenters. The van der Waals surface area contributed by atoms with Gasteiger partial charge in [0.25, 0.3) is 0 Å². The van der Waals surface area contributed by atoms with E-state index in [0.717, 1.165) is 35.1 Å². The second-order valence-corrected chi connectivity index (χ2v) is 14.3. The predicted octanol–water partition coefficient (Wildman–Crippen LogP) is 9.10. The standard InChI is InChI=1S/C43H44O5S/c1-32-22-23-39-37(26-32)24-25-43(49-39)42(47-30-36-20-12-5-13-21-36)41(46-29-35-18-10-4-11-19-35)40(45-28-34-16-8-3-9-17-34)38(48-43)31-44-27-33-14-6-2-7-15-33/h2-23,26,38,40-42H,24-25,27-31H2,1H3/t38-,40+,41+,42-,43-/m1/s1. The fourth-order valence-corrected chi connectivity index (χ4v) is 8.25. The lowest BCUT2D eigenvalue weighted by molar-refractivity contribution is -0.284. The van der Waals surface area contributed by atoms with Gasteiger partial charge in [0.15, 0.2) is 0 Å². The maximum Gasteiger partial charge on any atom is 0.147 e. The van der Waals surface area contributed by atoms with Crippen molar-refractivity contribution in [2.45, 2.75) is 80.4 Å². The first-order valence-electron chi connectivity index (χ1n) is 17.2. The Bertz CT molecular complexity index is 1740. The number of aryl methyl sites for hydroxylation is 2. The second kappa shape index (κ2) is 16.3. The Balaban J connectivity index is 1.25. The predicted molar refractivity (Wildman–Crippen MR) is 194 cm³/mol. The highest BCUT2D eigenvalue weighted by Gasteiger charge is 2.58. The Kier molecular flexibility index (Phi) is 11.2. The normalized spacial score (nSPS) is 23.3. The van der Waals surface area contributed by atoms with Crippen LogP contribution in [0.2, 0.25) is 0 Å². The molecule has 5 atom stereocenters. The van der Waals surface area contributed by atoms with Gasteiger partial charge < -0.3 is 23.7 Å². The molecule has 5 nitrogen and oxygen atoms in total. The Labute approximate surface area is 294 Å². The van der Waals surface area contributed by atoms with Gasteiger partial charge in [-0.25, -0.2) is 0 Å². The van der Waals surface area contributed by atoms with Crippen molar-refractivity contribution >= 4 is 11.8 Å². The Morgan fingerprint density at radius 1 is 0.612 bits per heavy atom. The SMILES string of the molecule is Cc1ccc2c(c1)CC[C@@]1(O[C@H](COCc3ccccc3)[C@H](OCc3ccccc3)[C@H](OCc3ccccc3)[C@H]1OCc1ccccc1)S2. The van der Waals surface area contributed by atoms with Gasteiger partial charge in [-0.2, -0.15) is 0 Å². The molecule has 5 aromatic carbocycles. The van der Waals surface area contributed by atoms with Gasteiger partial charge in [0, 0.05) is 4.90 Å². The van der Waals surface area contributed by atoms with Crippen LogP contribution in [0.3, 0.4) is 0 Å². The first-order chi connectivity index (χ1) is 24.1. The summed E-state index contributed by atoms with van der Waals surface area (Å²) in [6.07, 6.45) is -0.0591. The summed E-state index contributed by atoms with van der Waals surface area (Å²) in [6, 6.07) is 47.9. The Morgan fingerprint density at radius 2 is 1.12 bits per heavy atom. The van der Waals surface area contributed by atoms with Crippen LogP contribution in [0.4, 0.5) is 0 Å². The molecule has 0 bridgehead atoms. The van der Waals surface area contributed by atoms with Crippen LogP contribution in [0.5, 0.6) is 0 Å². The molecule has 1 spiro atoms. The minimum absolute atomic E-state index is 0.355. The van der Waals surface area contributed by atoms with E-state index in [2.05, 4.69) is 85.8 Å². The summed E-state index contributed by atoms with van der Waals surface area (Å²) in [6.45, 7) is 4.27. The van der Waals surface area contributed by atoms with Crippen molar-refractivity contribution in [2.75, 3.05) is 6.61 Å². The van der Waals surface area contributed by atoms with E-state index in [4.69, 9.17) is 23.7 Å². The lowest BCUT2D eigenvalue weighted by atomic mass is 9.89. The molecular weight excluding hydrogens is 629 g/mol. The van der Waals surface area contributed by atoms with Crippen molar-refractivity contribution < 1.29 is 23.7 Å². The van der Waals surface area contributed by atoms with Crippen LogP contribution in [-0.2, 0) is 56.5 Å². The average molecular weight is 673 g/mol. The molecule has 1 saturated heterocycles. The number of hydrogen-bond donors (Lipinski definition) is 0. The molecule has 2 aliphatic heterocycles. The molecule has 252 valence electrons. The zero-order valence-electron chi connectivity index (χ0n) is 28.0. The number of thioether (sulfide) groups is 1. The second-order valence-electron chi connectivity index (χ2n) is 12.9. The largest absolute Gasteiger partial charge is 0.374 e. The molecule has 2 aliphatic rings. The van der Waals surface area contributed by atoms with Crippen molar-refractivity contribution in [1.82, 2.24) is 0 Å². The monoisotopic (exact) mass is 672 g/mol. The molecule has 0 N–H and O–H groups in total. The summed E-state index contributed by atoms with van der Waals surface area (Å²) in [5.74, 6) is 0. The van der Waals surface area contributed by atoms with Crippen LogP contribution in [0.15, 0.2) is 144 Å². The summed E-state index contributed by atoms with van der Waals surface area (Å²) in [4.78, 5) is 0.505. The number of hydrogen-bond acceptors (Lipinski definition) is 6. The van der Waals surface area contributed by atoms with Gasteiger partial charge in [-0.3, -0.25) is 0 Å². The van der Waals surface area contributed by atoms with Crippen molar-refractivity contribution in [3.63, 3.8) is 0 Å². The van der Waals surface area contributed by atoms with Crippen molar-refractivity contribution in [1.29, 1.82) is 0 Å². The van der Waals surface area contributed by atoms with Crippen LogP contribution in [0.1, 0.15) is 39.8 Å². The average Bonchev–Trinajstić information content (AvgIpc) is 3.15. The van der Waals surface area contributed by atoms with Crippen LogP contribution in [-0.4, -0.2) is 36.0 Å². The zero-order valence-corrected chi connectivity index (χ0v) is 28.8. The zero-order chi connectivity index (χ0) is 33.3. The highest BCUT2D eigenvalue weighted by Crippen LogP contribution is 2.52. The number of benzene rings is 5. The van der Waals surface area contributed by atoms with E-state index in [9.17, 15) is 0 Å². The quantitative estimate of drug-likeness (QED) is 0.124. The maximum absolute atomic E-state index is 7.33. The van der Waals surface area contributed by atoms with Crippen LogP contribution < -0.4 is 0 Å². The lowest BCUT2D eigenvalue weighted by Crippen LogP contribution is -2.66. The van der Waals surface area contributed by atoms with E-state index < -0.39 is 29.3 Å². The summed E-state index contributed by atoms with van der Waals surface area (Å²) >= 11 is 1.77. The summed E-state index contributed by atoms with van der Waals surface area (Å²) in [5.41, 5.74) is 7.02. The van der Waals surface area contributed by atoms with Crippen LogP contribution in [0, 0.1) is 6.92 Å². The van der Waals surface area contributed by atoms with E-state index in [1.807, 2.05) is 60.7 Å². The first kappa shape index (κ1) is 33.7. The Morgan fingerprint density at radius 3 is 1.69 bits per heavy atom. The topological polar surface area (TPSA) is 46.2 Å². The molecule has 2 heterocycles. The van der Waals surface area contributed by atoms with E-state index in [0.29, 0.717) is 33.0 Å². The Hall–Kier alpha value is -3.75. The van der Waals surface area contributed by atoms with Crippen LogP contribution in [0.25, 0.3) is 0 Å². The fourth-order valence-electron chi connectivity index (χ4n) is 6.75. The highest BCUT2D eigenvalue weighted by atomic mass is 32.2. The minimum atomic E-state index is -0.716. The molecule has 49 heavy (non-hydrogen) atoms.